The summed E-state index contributed by atoms with van der Waals surface area (Å²) < 4.78 is 34.9. The standard InChI is InChI=1S/C29H34N6O6S/c1-19-16-21-17-22(9-12-25(21)41-19)31-29(33-42(39,40)23-10-7-20(8-11-23)27(30)37)32-24-6-2-3-15-35(28(24)38)18-26(36)34-13-4-5-14-34/h7-12,16-17,24H,2-6,13-15,18H2,1H3,(H2,30,37)(H2,31,32,33). The van der Waals surface area contributed by atoms with Crippen molar-refractivity contribution < 1.29 is 27.2 Å². The highest BCUT2D eigenvalue weighted by atomic mass is 32.2. The van der Waals surface area contributed by atoms with Gasteiger partial charge in [0.25, 0.3) is 10.0 Å². The number of carbonyl (C=O) groups is 3. The van der Waals surface area contributed by atoms with Crippen molar-refractivity contribution in [3.8, 4) is 0 Å². The normalized spacial score (nSPS) is 18.3. The fraction of sp³-hybridized carbons (Fsp3) is 0.379. The highest BCUT2D eigenvalue weighted by Crippen LogP contribution is 2.23. The zero-order valence-corrected chi connectivity index (χ0v) is 24.2. The molecule has 222 valence electrons. The van der Waals surface area contributed by atoms with Gasteiger partial charge in [0.2, 0.25) is 23.7 Å². The van der Waals surface area contributed by atoms with Gasteiger partial charge >= 0.3 is 0 Å². The first-order chi connectivity index (χ1) is 20.1. The Morgan fingerprint density at radius 1 is 1.02 bits per heavy atom. The van der Waals surface area contributed by atoms with Gasteiger partial charge in [0.15, 0.2) is 0 Å². The number of aliphatic imine (C=N–C) groups is 1. The van der Waals surface area contributed by atoms with Gasteiger partial charge < -0.3 is 25.3 Å². The lowest BCUT2D eigenvalue weighted by molar-refractivity contribution is -0.140. The van der Waals surface area contributed by atoms with Crippen LogP contribution in [-0.2, 0) is 19.6 Å². The van der Waals surface area contributed by atoms with E-state index in [1.54, 1.807) is 23.1 Å². The maximum atomic E-state index is 13.6. The minimum Gasteiger partial charge on any atom is -0.461 e. The zero-order valence-electron chi connectivity index (χ0n) is 23.3. The van der Waals surface area contributed by atoms with Crippen LogP contribution in [-0.4, -0.2) is 74.1 Å². The average molecular weight is 595 g/mol. The maximum Gasteiger partial charge on any atom is 0.264 e. The molecule has 2 aliphatic rings. The van der Waals surface area contributed by atoms with Crippen molar-refractivity contribution in [1.82, 2.24) is 14.5 Å². The van der Waals surface area contributed by atoms with Gasteiger partial charge in [-0.3, -0.25) is 14.4 Å². The van der Waals surface area contributed by atoms with Gasteiger partial charge in [-0.1, -0.05) is 0 Å². The van der Waals surface area contributed by atoms with Crippen molar-refractivity contribution >= 4 is 50.4 Å². The molecule has 0 saturated carbocycles. The molecule has 0 radical (unpaired) electrons. The predicted octanol–water partition coefficient (Wildman–Crippen LogP) is 2.59. The third-order valence-corrected chi connectivity index (χ3v) is 8.76. The lowest BCUT2D eigenvalue weighted by Crippen LogP contribution is -2.45. The quantitative estimate of drug-likeness (QED) is 0.279. The molecule has 42 heavy (non-hydrogen) atoms. The van der Waals surface area contributed by atoms with Crippen molar-refractivity contribution in [2.24, 2.45) is 10.7 Å². The molecule has 2 aromatic carbocycles. The largest absolute Gasteiger partial charge is 0.461 e. The van der Waals surface area contributed by atoms with E-state index in [9.17, 15) is 22.8 Å². The van der Waals surface area contributed by atoms with E-state index < -0.39 is 22.0 Å². The van der Waals surface area contributed by atoms with Gasteiger partial charge in [-0.05, 0) is 87.6 Å². The Morgan fingerprint density at radius 2 is 1.74 bits per heavy atom. The predicted molar refractivity (Wildman–Crippen MR) is 157 cm³/mol. The van der Waals surface area contributed by atoms with Gasteiger partial charge in [0.1, 0.15) is 17.4 Å². The van der Waals surface area contributed by atoms with E-state index in [4.69, 9.17) is 10.2 Å². The van der Waals surface area contributed by atoms with Gasteiger partial charge in [-0.15, -0.1) is 0 Å². The number of benzene rings is 2. The summed E-state index contributed by atoms with van der Waals surface area (Å²) >= 11 is 0. The number of nitrogens with one attached hydrogen (secondary N) is 2. The van der Waals surface area contributed by atoms with Gasteiger partial charge in [0, 0.05) is 36.3 Å². The molecule has 0 aliphatic carbocycles. The van der Waals surface area contributed by atoms with Gasteiger partial charge in [-0.2, -0.15) is 0 Å². The number of likely N-dealkylation sites (tertiary alicyclic amines) is 2. The average Bonchev–Trinajstić information content (AvgIpc) is 3.59. The molecule has 0 bridgehead atoms. The molecule has 2 saturated heterocycles. The second-order valence-electron chi connectivity index (χ2n) is 10.6. The first-order valence-electron chi connectivity index (χ1n) is 13.9. The molecule has 1 atom stereocenters. The molecule has 1 unspecified atom stereocenters. The molecule has 12 nitrogen and oxygen atoms in total. The molecule has 2 aliphatic heterocycles. The molecule has 3 amide bonds. The zero-order chi connectivity index (χ0) is 29.9. The summed E-state index contributed by atoms with van der Waals surface area (Å²) in [6, 6.07) is 11.4. The maximum absolute atomic E-state index is 13.6. The Morgan fingerprint density at radius 3 is 2.45 bits per heavy atom. The minimum atomic E-state index is -4.18. The van der Waals surface area contributed by atoms with Crippen molar-refractivity contribution in [2.45, 2.75) is 50.0 Å². The van der Waals surface area contributed by atoms with Gasteiger partial charge in [0.05, 0.1) is 11.4 Å². The number of hydrogen-bond acceptors (Lipinski definition) is 7. The number of nitrogens with two attached hydrogens (primary N) is 1. The number of amides is 3. The molecule has 13 heteroatoms. The minimum absolute atomic E-state index is 0.0257. The van der Waals surface area contributed by atoms with Crippen molar-refractivity contribution in [3.63, 3.8) is 0 Å². The second-order valence-corrected chi connectivity index (χ2v) is 12.2. The molecular formula is C29H34N6O6S. The van der Waals surface area contributed by atoms with Crippen molar-refractivity contribution in [1.29, 1.82) is 0 Å². The molecular weight excluding hydrogens is 560 g/mol. The molecule has 3 heterocycles. The summed E-state index contributed by atoms with van der Waals surface area (Å²) in [4.78, 5) is 45.6. The van der Waals surface area contributed by atoms with E-state index in [-0.39, 0.29) is 34.8 Å². The highest BCUT2D eigenvalue weighted by molar-refractivity contribution is 7.90. The number of carbonyl (C=O) groups excluding carboxylic acids is 3. The number of hydrogen-bond donors (Lipinski definition) is 3. The number of aryl methyl sites for hydroxylation is 1. The van der Waals surface area contributed by atoms with Crippen molar-refractivity contribution in [2.75, 3.05) is 31.5 Å². The molecule has 1 aromatic heterocycles. The van der Waals surface area contributed by atoms with Crippen LogP contribution in [0.3, 0.4) is 0 Å². The Balaban J connectivity index is 1.44. The fourth-order valence-corrected chi connectivity index (χ4v) is 6.18. The van der Waals surface area contributed by atoms with Crippen LogP contribution >= 0.6 is 0 Å². The number of furan rings is 1. The first-order valence-corrected chi connectivity index (χ1v) is 15.4. The molecule has 2 fully saturated rings. The lowest BCUT2D eigenvalue weighted by atomic mass is 10.1. The van der Waals surface area contributed by atoms with Crippen LogP contribution in [0.1, 0.15) is 48.2 Å². The summed E-state index contributed by atoms with van der Waals surface area (Å²) in [5.74, 6) is -0.526. The van der Waals surface area contributed by atoms with E-state index in [2.05, 4.69) is 15.0 Å². The topological polar surface area (TPSA) is 167 Å². The monoisotopic (exact) mass is 594 g/mol. The SMILES string of the molecule is Cc1cc2cc(NC(=NC3CCCCN(CC(=O)N4CCCC4)C3=O)NS(=O)(=O)c3ccc(C(N)=O)cc3)ccc2o1. The summed E-state index contributed by atoms with van der Waals surface area (Å²) in [6.45, 7) is 3.62. The summed E-state index contributed by atoms with van der Waals surface area (Å²) in [5, 5.41) is 3.83. The van der Waals surface area contributed by atoms with Crippen LogP contribution in [0.4, 0.5) is 5.69 Å². The molecule has 0 spiro atoms. The third-order valence-electron chi connectivity index (χ3n) is 7.40. The summed E-state index contributed by atoms with van der Waals surface area (Å²) in [7, 11) is -4.18. The number of anilines is 1. The van der Waals surface area contributed by atoms with Crippen LogP contribution in [0, 0.1) is 6.92 Å². The van der Waals surface area contributed by atoms with Crippen LogP contribution in [0.2, 0.25) is 0 Å². The molecule has 3 aromatic rings. The van der Waals surface area contributed by atoms with Crippen LogP contribution in [0.15, 0.2) is 62.8 Å². The van der Waals surface area contributed by atoms with Crippen molar-refractivity contribution in [3.05, 3.63) is 59.9 Å². The smallest absolute Gasteiger partial charge is 0.264 e. The number of rotatable bonds is 7. The van der Waals surface area contributed by atoms with Crippen LogP contribution in [0.25, 0.3) is 11.0 Å². The Hall–Kier alpha value is -4.39. The van der Waals surface area contributed by atoms with Crippen LogP contribution < -0.4 is 15.8 Å². The van der Waals surface area contributed by atoms with E-state index in [1.165, 1.54) is 29.2 Å². The van der Waals surface area contributed by atoms with Gasteiger partial charge in [-0.25, -0.2) is 18.1 Å². The summed E-state index contributed by atoms with van der Waals surface area (Å²) in [6.07, 6.45) is 3.70. The Kier molecular flexibility index (Phi) is 8.48. The number of sulfonamides is 1. The number of guanidine groups is 1. The Bertz CT molecular complexity index is 1630. The highest BCUT2D eigenvalue weighted by Gasteiger charge is 2.31. The van der Waals surface area contributed by atoms with Crippen LogP contribution in [0.5, 0.6) is 0 Å². The molecule has 5 rings (SSSR count). The molecule has 4 N–H and O–H groups in total. The number of nitrogens with zero attached hydrogens (tertiary/aromatic N) is 3. The Labute approximate surface area is 244 Å². The third kappa shape index (κ3) is 6.73. The number of fused-ring (bicyclic) bond motifs is 1. The lowest BCUT2D eigenvalue weighted by Gasteiger charge is -2.25. The van der Waals surface area contributed by atoms with E-state index in [0.29, 0.717) is 50.2 Å². The van der Waals surface area contributed by atoms with E-state index in [0.717, 1.165) is 24.0 Å². The van der Waals surface area contributed by atoms with E-state index in [1.807, 2.05) is 13.0 Å². The fourth-order valence-electron chi connectivity index (χ4n) is 5.21. The summed E-state index contributed by atoms with van der Waals surface area (Å²) in [5.41, 5.74) is 6.65. The second kappa shape index (κ2) is 12.2. The van der Waals surface area contributed by atoms with E-state index >= 15 is 0 Å². The first kappa shape index (κ1) is 29.1. The number of primary amides is 1.